The van der Waals surface area contributed by atoms with Gasteiger partial charge in [-0.15, -0.1) is 13.2 Å². The van der Waals surface area contributed by atoms with Crippen molar-refractivity contribution >= 4 is 23.3 Å². The standard InChI is InChI=1S/C20H19F3N2O5/c21-20(22,23)30-17-7-1-14(2-8-17)19(27)29-13-18(26)24-15-3-5-16(6-4-15)25-9-11-28-12-10-25/h1-8H,9-13H2,(H,24,26). The summed E-state index contributed by atoms with van der Waals surface area (Å²) in [6.07, 6.45) is -4.82. The van der Waals surface area contributed by atoms with Gasteiger partial charge in [0.05, 0.1) is 18.8 Å². The van der Waals surface area contributed by atoms with E-state index in [4.69, 9.17) is 9.47 Å². The van der Waals surface area contributed by atoms with Gasteiger partial charge in [-0.25, -0.2) is 4.79 Å². The first kappa shape index (κ1) is 21.4. The van der Waals surface area contributed by atoms with Crippen LogP contribution in [0.4, 0.5) is 24.5 Å². The first-order chi connectivity index (χ1) is 14.3. The second-order valence-corrected chi connectivity index (χ2v) is 6.34. The average Bonchev–Trinajstić information content (AvgIpc) is 2.72. The molecular weight excluding hydrogens is 405 g/mol. The van der Waals surface area contributed by atoms with Crippen molar-refractivity contribution in [1.82, 2.24) is 0 Å². The van der Waals surface area contributed by atoms with Gasteiger partial charge >= 0.3 is 12.3 Å². The molecule has 2 aromatic rings. The fraction of sp³-hybridized carbons (Fsp3) is 0.300. The van der Waals surface area contributed by atoms with E-state index in [1.165, 1.54) is 0 Å². The molecule has 1 N–H and O–H groups in total. The number of carbonyl (C=O) groups excluding carboxylic acids is 2. The van der Waals surface area contributed by atoms with Crippen LogP contribution in [0.3, 0.4) is 0 Å². The predicted molar refractivity (Wildman–Crippen MR) is 102 cm³/mol. The minimum Gasteiger partial charge on any atom is -0.452 e. The number of morpholine rings is 1. The van der Waals surface area contributed by atoms with Crippen LogP contribution in [0.1, 0.15) is 10.4 Å². The number of carbonyl (C=O) groups is 2. The number of amides is 1. The van der Waals surface area contributed by atoms with Crippen LogP contribution in [0, 0.1) is 0 Å². The molecule has 0 aliphatic carbocycles. The molecule has 0 unspecified atom stereocenters. The number of nitrogens with zero attached hydrogens (tertiary/aromatic N) is 1. The lowest BCUT2D eigenvalue weighted by molar-refractivity contribution is -0.274. The number of benzene rings is 2. The van der Waals surface area contributed by atoms with Crippen molar-refractivity contribution in [3.05, 3.63) is 54.1 Å². The van der Waals surface area contributed by atoms with Crippen molar-refractivity contribution in [2.45, 2.75) is 6.36 Å². The fourth-order valence-electron chi connectivity index (χ4n) is 2.78. The first-order valence-corrected chi connectivity index (χ1v) is 9.06. The van der Waals surface area contributed by atoms with Gasteiger partial charge < -0.3 is 24.4 Å². The third-order valence-corrected chi connectivity index (χ3v) is 4.19. The maximum absolute atomic E-state index is 12.1. The summed E-state index contributed by atoms with van der Waals surface area (Å²) in [5, 5.41) is 2.61. The van der Waals surface area contributed by atoms with E-state index in [1.54, 1.807) is 12.1 Å². The number of alkyl halides is 3. The number of anilines is 2. The number of esters is 1. The van der Waals surface area contributed by atoms with Crippen LogP contribution in [0.5, 0.6) is 5.75 Å². The third kappa shape index (κ3) is 6.38. The van der Waals surface area contributed by atoms with Crippen molar-refractivity contribution in [1.29, 1.82) is 0 Å². The second-order valence-electron chi connectivity index (χ2n) is 6.34. The van der Waals surface area contributed by atoms with E-state index >= 15 is 0 Å². The summed E-state index contributed by atoms with van der Waals surface area (Å²) < 4.78 is 50.3. The van der Waals surface area contributed by atoms with E-state index in [9.17, 15) is 22.8 Å². The maximum atomic E-state index is 12.1. The molecule has 0 radical (unpaired) electrons. The lowest BCUT2D eigenvalue weighted by Gasteiger charge is -2.28. The molecule has 1 amide bonds. The summed E-state index contributed by atoms with van der Waals surface area (Å²) in [5.41, 5.74) is 1.55. The van der Waals surface area contributed by atoms with Crippen LogP contribution >= 0.6 is 0 Å². The van der Waals surface area contributed by atoms with Crippen LogP contribution in [0.2, 0.25) is 0 Å². The Morgan fingerprint density at radius 2 is 1.63 bits per heavy atom. The molecular formula is C20H19F3N2O5. The van der Waals surface area contributed by atoms with Crippen LogP contribution < -0.4 is 15.0 Å². The van der Waals surface area contributed by atoms with Crippen molar-refractivity contribution in [3.63, 3.8) is 0 Å². The van der Waals surface area contributed by atoms with Crippen molar-refractivity contribution in [2.24, 2.45) is 0 Å². The lowest BCUT2D eigenvalue weighted by atomic mass is 10.2. The Kier molecular flexibility index (Phi) is 6.78. The highest BCUT2D eigenvalue weighted by Gasteiger charge is 2.31. The van der Waals surface area contributed by atoms with Crippen LogP contribution in [-0.4, -0.2) is 51.1 Å². The normalized spacial score (nSPS) is 14.2. The molecule has 160 valence electrons. The topological polar surface area (TPSA) is 77.1 Å². The molecule has 1 aliphatic heterocycles. The lowest BCUT2D eigenvalue weighted by Crippen LogP contribution is -2.36. The fourth-order valence-corrected chi connectivity index (χ4v) is 2.78. The molecule has 0 saturated carbocycles. The van der Waals surface area contributed by atoms with Gasteiger partial charge in [-0.1, -0.05) is 0 Å². The van der Waals surface area contributed by atoms with Gasteiger partial charge in [0.15, 0.2) is 6.61 Å². The summed E-state index contributed by atoms with van der Waals surface area (Å²) in [7, 11) is 0. The molecule has 1 saturated heterocycles. The van der Waals surface area contributed by atoms with Gasteiger partial charge in [-0.3, -0.25) is 4.79 Å². The zero-order chi connectivity index (χ0) is 21.6. The molecule has 1 heterocycles. The van der Waals surface area contributed by atoms with Gasteiger partial charge in [-0.05, 0) is 48.5 Å². The monoisotopic (exact) mass is 424 g/mol. The molecule has 30 heavy (non-hydrogen) atoms. The van der Waals surface area contributed by atoms with Crippen LogP contribution in [0.25, 0.3) is 0 Å². The van der Waals surface area contributed by atoms with Gasteiger partial charge in [0.25, 0.3) is 5.91 Å². The highest BCUT2D eigenvalue weighted by Crippen LogP contribution is 2.23. The Balaban J connectivity index is 1.46. The van der Waals surface area contributed by atoms with Gasteiger partial charge in [0, 0.05) is 24.5 Å². The van der Waals surface area contributed by atoms with E-state index in [-0.39, 0.29) is 5.56 Å². The molecule has 2 aromatic carbocycles. The molecule has 10 heteroatoms. The zero-order valence-electron chi connectivity index (χ0n) is 15.8. The van der Waals surface area contributed by atoms with E-state index < -0.39 is 30.6 Å². The number of nitrogens with one attached hydrogen (secondary N) is 1. The SMILES string of the molecule is O=C(COC(=O)c1ccc(OC(F)(F)F)cc1)Nc1ccc(N2CCOCC2)cc1. The number of ether oxygens (including phenoxy) is 3. The maximum Gasteiger partial charge on any atom is 0.573 e. The van der Waals surface area contributed by atoms with Crippen molar-refractivity contribution < 1.29 is 37.0 Å². The zero-order valence-corrected chi connectivity index (χ0v) is 15.8. The van der Waals surface area contributed by atoms with Crippen LogP contribution in [-0.2, 0) is 14.3 Å². The van der Waals surface area contributed by atoms with E-state index in [1.807, 2.05) is 12.1 Å². The van der Waals surface area contributed by atoms with Gasteiger partial charge in [0.1, 0.15) is 5.75 Å². The summed E-state index contributed by atoms with van der Waals surface area (Å²) in [4.78, 5) is 26.1. The minimum atomic E-state index is -4.82. The summed E-state index contributed by atoms with van der Waals surface area (Å²) in [6.45, 7) is 2.39. The minimum absolute atomic E-state index is 0.00723. The van der Waals surface area contributed by atoms with Crippen molar-refractivity contribution in [3.8, 4) is 5.75 Å². The Morgan fingerprint density at radius 3 is 2.23 bits per heavy atom. The van der Waals surface area contributed by atoms with Gasteiger partial charge in [-0.2, -0.15) is 0 Å². The van der Waals surface area contributed by atoms with Gasteiger partial charge in [0.2, 0.25) is 0 Å². The van der Waals surface area contributed by atoms with Crippen molar-refractivity contribution in [2.75, 3.05) is 43.1 Å². The smallest absolute Gasteiger partial charge is 0.452 e. The number of hydrogen-bond acceptors (Lipinski definition) is 6. The first-order valence-electron chi connectivity index (χ1n) is 9.06. The number of rotatable bonds is 6. The number of halogens is 3. The van der Waals surface area contributed by atoms with E-state index in [0.29, 0.717) is 18.9 Å². The molecule has 0 spiro atoms. The Morgan fingerprint density at radius 1 is 1.00 bits per heavy atom. The second kappa shape index (κ2) is 9.49. The highest BCUT2D eigenvalue weighted by molar-refractivity contribution is 5.95. The Bertz CT molecular complexity index is 864. The van der Waals surface area contributed by atoms with Crippen LogP contribution in [0.15, 0.2) is 48.5 Å². The number of hydrogen-bond donors (Lipinski definition) is 1. The molecule has 1 fully saturated rings. The highest BCUT2D eigenvalue weighted by atomic mass is 19.4. The third-order valence-electron chi connectivity index (χ3n) is 4.19. The Hall–Kier alpha value is -3.27. The molecule has 1 aliphatic rings. The molecule has 0 aromatic heterocycles. The Labute approximate surface area is 170 Å². The van der Waals surface area contributed by atoms with E-state index in [2.05, 4.69) is 15.0 Å². The summed E-state index contributed by atoms with van der Waals surface area (Å²) in [5.74, 6) is -1.84. The quantitative estimate of drug-likeness (QED) is 0.718. The molecule has 0 atom stereocenters. The molecule has 7 nitrogen and oxygen atoms in total. The largest absolute Gasteiger partial charge is 0.573 e. The average molecular weight is 424 g/mol. The summed E-state index contributed by atoms with van der Waals surface area (Å²) >= 11 is 0. The molecule has 3 rings (SSSR count). The predicted octanol–water partition coefficient (Wildman–Crippen LogP) is 3.22. The molecule has 0 bridgehead atoms. The van der Waals surface area contributed by atoms with E-state index in [0.717, 1.165) is 43.0 Å². The summed E-state index contributed by atoms with van der Waals surface area (Å²) in [6, 6.07) is 11.4.